The molecule has 0 saturated carbocycles. The summed E-state index contributed by atoms with van der Waals surface area (Å²) in [6.45, 7) is 6.54. The van der Waals surface area contributed by atoms with Gasteiger partial charge in [-0.1, -0.05) is 13.8 Å². The molecule has 0 radical (unpaired) electrons. The highest BCUT2D eigenvalue weighted by atomic mass is 19.4. The number of hydrogen-bond acceptors (Lipinski definition) is 4. The number of fused-ring (bicyclic) bond motifs is 3. The number of rotatable bonds is 5. The van der Waals surface area contributed by atoms with Gasteiger partial charge in [0.05, 0.1) is 24.6 Å². The zero-order valence-electron chi connectivity index (χ0n) is 19.2. The summed E-state index contributed by atoms with van der Waals surface area (Å²) in [5.41, 5.74) is 1.76. The minimum atomic E-state index is -4.41. The van der Waals surface area contributed by atoms with E-state index in [1.54, 1.807) is 13.2 Å². The molecule has 0 aliphatic carbocycles. The molecular weight excluding hydrogens is 431 g/mol. The molecule has 4 rings (SSSR count). The van der Waals surface area contributed by atoms with Crippen LogP contribution in [0.25, 0.3) is 0 Å². The van der Waals surface area contributed by atoms with Gasteiger partial charge in [-0.2, -0.15) is 13.2 Å². The van der Waals surface area contributed by atoms with Gasteiger partial charge < -0.3 is 19.9 Å². The van der Waals surface area contributed by atoms with Gasteiger partial charge in [0.15, 0.2) is 0 Å². The molecule has 1 saturated heterocycles. The Kier molecular flexibility index (Phi) is 6.45. The van der Waals surface area contributed by atoms with Crippen molar-refractivity contribution in [1.29, 1.82) is 0 Å². The average molecular weight is 462 g/mol. The lowest BCUT2D eigenvalue weighted by atomic mass is 9.82. The topological polar surface area (TPSA) is 44.8 Å². The van der Waals surface area contributed by atoms with Gasteiger partial charge in [-0.05, 0) is 60.4 Å². The monoisotopic (exact) mass is 461 g/mol. The largest absolute Gasteiger partial charge is 0.497 e. The summed E-state index contributed by atoms with van der Waals surface area (Å²) in [6, 6.07) is 11.6. The smallest absolute Gasteiger partial charge is 0.416 e. The number of halogens is 3. The molecule has 8 heteroatoms. The first-order chi connectivity index (χ1) is 15.7. The Labute approximate surface area is 192 Å². The second kappa shape index (κ2) is 9.15. The molecule has 2 aliphatic heterocycles. The second-order valence-corrected chi connectivity index (χ2v) is 9.20. The second-order valence-electron chi connectivity index (χ2n) is 9.20. The van der Waals surface area contributed by atoms with E-state index in [4.69, 9.17) is 4.74 Å². The van der Waals surface area contributed by atoms with E-state index in [-0.39, 0.29) is 11.9 Å². The molecule has 1 fully saturated rings. The summed E-state index contributed by atoms with van der Waals surface area (Å²) in [5.74, 6) is 0.537. The van der Waals surface area contributed by atoms with Crippen LogP contribution in [0.2, 0.25) is 0 Å². The van der Waals surface area contributed by atoms with Crippen LogP contribution in [0.1, 0.15) is 25.0 Å². The van der Waals surface area contributed by atoms with Crippen molar-refractivity contribution in [2.24, 2.45) is 11.8 Å². The number of amides is 1. The fourth-order valence-electron chi connectivity index (χ4n) is 4.76. The molecule has 2 heterocycles. The lowest BCUT2D eigenvalue weighted by Gasteiger charge is -2.49. The van der Waals surface area contributed by atoms with Gasteiger partial charge in [0.2, 0.25) is 5.91 Å². The Morgan fingerprint density at radius 3 is 2.52 bits per heavy atom. The molecule has 5 nitrogen and oxygen atoms in total. The number of hydrogen-bond donors (Lipinski definition) is 1. The normalized spacial score (nSPS) is 20.3. The minimum absolute atomic E-state index is 0.0988. The van der Waals surface area contributed by atoms with Crippen LogP contribution in [0.15, 0.2) is 42.5 Å². The van der Waals surface area contributed by atoms with E-state index < -0.39 is 17.7 Å². The lowest BCUT2D eigenvalue weighted by molar-refractivity contribution is -0.137. The number of nitrogens with zero attached hydrogens (tertiary/aromatic N) is 2. The number of ether oxygens (including phenoxy) is 1. The summed E-state index contributed by atoms with van der Waals surface area (Å²) < 4.78 is 45.3. The third kappa shape index (κ3) is 4.89. The predicted molar refractivity (Wildman–Crippen MR) is 123 cm³/mol. The first kappa shape index (κ1) is 23.3. The van der Waals surface area contributed by atoms with Crippen LogP contribution in [0.5, 0.6) is 5.75 Å². The number of benzene rings is 2. The van der Waals surface area contributed by atoms with E-state index in [1.165, 1.54) is 6.07 Å². The average Bonchev–Trinajstić information content (AvgIpc) is 2.80. The van der Waals surface area contributed by atoms with Gasteiger partial charge in [0, 0.05) is 37.6 Å². The maximum Gasteiger partial charge on any atom is 0.416 e. The van der Waals surface area contributed by atoms with Crippen molar-refractivity contribution < 1.29 is 22.7 Å². The van der Waals surface area contributed by atoms with Crippen molar-refractivity contribution >= 4 is 17.3 Å². The summed E-state index contributed by atoms with van der Waals surface area (Å²) >= 11 is 0. The van der Waals surface area contributed by atoms with E-state index in [0.29, 0.717) is 44.1 Å². The van der Waals surface area contributed by atoms with E-state index in [2.05, 4.69) is 15.1 Å². The van der Waals surface area contributed by atoms with Crippen molar-refractivity contribution in [2.45, 2.75) is 32.5 Å². The molecular formula is C25H30F3N3O2. The molecule has 0 bridgehead atoms. The highest BCUT2D eigenvalue weighted by molar-refractivity contribution is 5.82. The Hall–Kier alpha value is -2.90. The third-order valence-electron chi connectivity index (χ3n) is 6.50. The van der Waals surface area contributed by atoms with Crippen LogP contribution in [-0.2, 0) is 17.4 Å². The quantitative estimate of drug-likeness (QED) is 0.719. The van der Waals surface area contributed by atoms with Crippen LogP contribution in [0.3, 0.4) is 0 Å². The van der Waals surface area contributed by atoms with Gasteiger partial charge in [-0.3, -0.25) is 4.79 Å². The lowest BCUT2D eigenvalue weighted by Crippen LogP contribution is -2.61. The molecule has 1 N–H and O–H groups in total. The third-order valence-corrected chi connectivity index (χ3v) is 6.50. The van der Waals surface area contributed by atoms with Crippen molar-refractivity contribution in [3.05, 3.63) is 53.6 Å². The van der Waals surface area contributed by atoms with Crippen LogP contribution in [0, 0.1) is 11.8 Å². The molecule has 2 aromatic rings. The Bertz CT molecular complexity index is 991. The maximum atomic E-state index is 13.3. The Morgan fingerprint density at radius 2 is 1.88 bits per heavy atom. The molecule has 178 valence electrons. The molecule has 0 unspecified atom stereocenters. The van der Waals surface area contributed by atoms with E-state index in [1.807, 2.05) is 38.1 Å². The van der Waals surface area contributed by atoms with Gasteiger partial charge in [-0.15, -0.1) is 0 Å². The minimum Gasteiger partial charge on any atom is -0.497 e. The van der Waals surface area contributed by atoms with E-state index >= 15 is 0 Å². The number of nitrogens with one attached hydrogen (secondary N) is 1. The van der Waals surface area contributed by atoms with E-state index in [0.717, 1.165) is 23.2 Å². The molecule has 2 atom stereocenters. The first-order valence-corrected chi connectivity index (χ1v) is 11.3. The van der Waals surface area contributed by atoms with Crippen molar-refractivity contribution in [3.8, 4) is 5.75 Å². The molecule has 1 amide bonds. The Balaban J connectivity index is 1.64. The van der Waals surface area contributed by atoms with Crippen molar-refractivity contribution in [2.75, 3.05) is 43.1 Å². The SMILES string of the molecule is COc1ccc(N2CCN3c4ccc(C(F)(F)F)cc4C[C@H](C(=O)NCC(C)C)[C@H]3C2)cc1. The first-order valence-electron chi connectivity index (χ1n) is 11.3. The predicted octanol–water partition coefficient (Wildman–Crippen LogP) is 4.35. The summed E-state index contributed by atoms with van der Waals surface area (Å²) in [6.07, 6.45) is -4.12. The number of carbonyl (C=O) groups excluding carboxylic acids is 1. The molecule has 0 aromatic heterocycles. The van der Waals surface area contributed by atoms with Gasteiger partial charge in [0.1, 0.15) is 5.75 Å². The molecule has 0 spiro atoms. The molecule has 2 aliphatic rings. The Morgan fingerprint density at radius 1 is 1.15 bits per heavy atom. The van der Waals surface area contributed by atoms with E-state index in [9.17, 15) is 18.0 Å². The van der Waals surface area contributed by atoms with Gasteiger partial charge in [-0.25, -0.2) is 0 Å². The van der Waals surface area contributed by atoms with Crippen LogP contribution in [-0.4, -0.2) is 45.2 Å². The van der Waals surface area contributed by atoms with Gasteiger partial charge in [0.25, 0.3) is 0 Å². The standard InChI is InChI=1S/C25H30F3N3O2/c1-16(2)14-29-24(32)21-13-17-12-18(25(26,27)28)4-9-22(17)31-11-10-30(15-23(21)31)19-5-7-20(33-3)8-6-19/h4-9,12,16,21,23H,10-11,13-15H2,1-3H3,(H,29,32)/t21-,23+/m0/s1. The highest BCUT2D eigenvalue weighted by Gasteiger charge is 2.42. The number of anilines is 2. The summed E-state index contributed by atoms with van der Waals surface area (Å²) in [4.78, 5) is 17.5. The summed E-state index contributed by atoms with van der Waals surface area (Å²) in [7, 11) is 1.62. The van der Waals surface area contributed by atoms with Crippen molar-refractivity contribution in [3.63, 3.8) is 0 Å². The fraction of sp³-hybridized carbons (Fsp3) is 0.480. The fourth-order valence-corrected chi connectivity index (χ4v) is 4.76. The molecule has 2 aromatic carbocycles. The van der Waals surface area contributed by atoms with Crippen LogP contribution in [0.4, 0.5) is 24.5 Å². The molecule has 33 heavy (non-hydrogen) atoms. The highest BCUT2D eigenvalue weighted by Crippen LogP contribution is 2.40. The van der Waals surface area contributed by atoms with Crippen molar-refractivity contribution in [1.82, 2.24) is 5.32 Å². The number of methoxy groups -OCH3 is 1. The zero-order valence-corrected chi connectivity index (χ0v) is 19.2. The van der Waals surface area contributed by atoms with Gasteiger partial charge >= 0.3 is 6.18 Å². The number of alkyl halides is 3. The summed E-state index contributed by atoms with van der Waals surface area (Å²) in [5, 5.41) is 3.01. The number of piperazine rings is 1. The number of carbonyl (C=O) groups is 1. The van der Waals surface area contributed by atoms with Crippen LogP contribution < -0.4 is 19.9 Å². The maximum absolute atomic E-state index is 13.3. The zero-order chi connectivity index (χ0) is 23.8. The van der Waals surface area contributed by atoms with Crippen LogP contribution >= 0.6 is 0 Å².